The maximum atomic E-state index is 14.1. The van der Waals surface area contributed by atoms with Crippen molar-refractivity contribution in [2.24, 2.45) is 16.6 Å². The van der Waals surface area contributed by atoms with Crippen molar-refractivity contribution in [3.05, 3.63) is 71.8 Å². The quantitative estimate of drug-likeness (QED) is 0.175. The minimum absolute atomic E-state index is 0.0975. The van der Waals surface area contributed by atoms with E-state index in [0.29, 0.717) is 51.7 Å². The summed E-state index contributed by atoms with van der Waals surface area (Å²) in [4.78, 5) is 59.7. The molecule has 0 spiro atoms. The SMILES string of the molecule is CCCCCC(=O)NC(=NC(=O)Cc1ccccc1)N1CCC(CN([C@H](Cc2ccccc2)C(=O)N2CCC[C@H]2C(N)=O)S(C)(=O)=O)CC1. The molecule has 49 heavy (non-hydrogen) atoms. The van der Waals surface area contributed by atoms with Crippen LogP contribution in [0.4, 0.5) is 0 Å². The summed E-state index contributed by atoms with van der Waals surface area (Å²) in [7, 11) is -3.87. The zero-order chi connectivity index (χ0) is 35.4. The third-order valence-corrected chi connectivity index (χ3v) is 10.5. The first-order valence-corrected chi connectivity index (χ1v) is 19.1. The number of aliphatic imine (C=N–C) groups is 1. The summed E-state index contributed by atoms with van der Waals surface area (Å²) in [6.07, 6.45) is 6.46. The van der Waals surface area contributed by atoms with Gasteiger partial charge in [-0.2, -0.15) is 9.30 Å². The molecule has 4 rings (SSSR count). The average molecular weight is 695 g/mol. The predicted molar refractivity (Wildman–Crippen MR) is 189 cm³/mol. The van der Waals surface area contributed by atoms with Crippen LogP contribution in [-0.2, 0) is 42.0 Å². The molecule has 0 aliphatic carbocycles. The highest BCUT2D eigenvalue weighted by Gasteiger charge is 2.42. The second kappa shape index (κ2) is 18.1. The van der Waals surface area contributed by atoms with Crippen LogP contribution < -0.4 is 11.1 Å². The van der Waals surface area contributed by atoms with Crippen molar-refractivity contribution >= 4 is 39.6 Å². The van der Waals surface area contributed by atoms with Crippen LogP contribution in [0, 0.1) is 5.92 Å². The Hall–Kier alpha value is -4.10. The van der Waals surface area contributed by atoms with E-state index in [0.717, 1.165) is 36.6 Å². The summed E-state index contributed by atoms with van der Waals surface area (Å²) in [6.45, 7) is 3.37. The van der Waals surface area contributed by atoms with E-state index in [1.165, 1.54) is 9.21 Å². The minimum Gasteiger partial charge on any atom is -0.368 e. The number of carbonyl (C=O) groups excluding carboxylic acids is 4. The van der Waals surface area contributed by atoms with Crippen LogP contribution in [0.15, 0.2) is 65.7 Å². The molecule has 2 heterocycles. The number of nitrogens with zero attached hydrogens (tertiary/aromatic N) is 4. The molecular weight excluding hydrogens is 644 g/mol. The molecule has 12 nitrogen and oxygen atoms in total. The number of hydrogen-bond acceptors (Lipinski definition) is 6. The van der Waals surface area contributed by atoms with E-state index in [1.807, 2.05) is 65.6 Å². The number of likely N-dealkylation sites (tertiary alicyclic amines) is 2. The zero-order valence-electron chi connectivity index (χ0n) is 28.6. The number of guanidine groups is 1. The standard InChI is InChI=1S/C36H50N6O6S/c1-3-4-7-18-32(43)38-36(39-33(44)25-28-15-10-6-11-16-28)40-22-19-29(20-23-40)26-42(49(2,47)48)31(24-27-13-8-5-9-14-27)35(46)41-21-12-17-30(41)34(37)45/h5-6,8-11,13-16,29-31H,3-4,7,12,17-26H2,1-2H3,(H2,37,45)(H,38,39,43,44)/t30-,31+/m0/s1. The van der Waals surface area contributed by atoms with Gasteiger partial charge in [-0.25, -0.2) is 8.42 Å². The van der Waals surface area contributed by atoms with Crippen LogP contribution in [0.2, 0.25) is 0 Å². The summed E-state index contributed by atoms with van der Waals surface area (Å²) in [5, 5.41) is 2.87. The van der Waals surface area contributed by atoms with E-state index < -0.39 is 33.9 Å². The minimum atomic E-state index is -3.87. The van der Waals surface area contributed by atoms with Gasteiger partial charge in [0, 0.05) is 32.6 Å². The number of nitrogens with two attached hydrogens (primary N) is 1. The molecule has 0 saturated carbocycles. The number of benzene rings is 2. The molecule has 0 aromatic heterocycles. The first-order valence-electron chi connectivity index (χ1n) is 17.3. The van der Waals surface area contributed by atoms with Crippen molar-refractivity contribution in [3.8, 4) is 0 Å². The Morgan fingerprint density at radius 1 is 0.939 bits per heavy atom. The second-order valence-corrected chi connectivity index (χ2v) is 15.0. The summed E-state index contributed by atoms with van der Waals surface area (Å²) in [5.74, 6) is -1.50. The van der Waals surface area contributed by atoms with E-state index in [1.54, 1.807) is 0 Å². The van der Waals surface area contributed by atoms with Crippen LogP contribution in [0.1, 0.15) is 69.4 Å². The largest absolute Gasteiger partial charge is 0.368 e. The molecule has 2 atom stereocenters. The van der Waals surface area contributed by atoms with Gasteiger partial charge in [-0.05, 0) is 55.6 Å². The number of hydrogen-bond donors (Lipinski definition) is 2. The van der Waals surface area contributed by atoms with Crippen molar-refractivity contribution in [3.63, 3.8) is 0 Å². The lowest BCUT2D eigenvalue weighted by atomic mass is 9.95. The van der Waals surface area contributed by atoms with E-state index >= 15 is 0 Å². The van der Waals surface area contributed by atoms with Crippen LogP contribution >= 0.6 is 0 Å². The number of primary amides is 1. The van der Waals surface area contributed by atoms with Gasteiger partial charge in [0.25, 0.3) is 5.91 Å². The van der Waals surface area contributed by atoms with Gasteiger partial charge in [0.15, 0.2) is 0 Å². The Morgan fingerprint density at radius 2 is 1.57 bits per heavy atom. The monoisotopic (exact) mass is 694 g/mol. The highest BCUT2D eigenvalue weighted by Crippen LogP contribution is 2.26. The highest BCUT2D eigenvalue weighted by atomic mass is 32.2. The van der Waals surface area contributed by atoms with Gasteiger partial charge in [0.2, 0.25) is 33.7 Å². The van der Waals surface area contributed by atoms with E-state index in [-0.39, 0.29) is 43.1 Å². The molecule has 2 aliphatic rings. The summed E-state index contributed by atoms with van der Waals surface area (Å²) in [5.41, 5.74) is 7.25. The first-order chi connectivity index (χ1) is 23.5. The lowest BCUT2D eigenvalue weighted by Gasteiger charge is -2.38. The van der Waals surface area contributed by atoms with Crippen LogP contribution in [-0.4, -0.2) is 96.6 Å². The number of sulfonamides is 1. The lowest BCUT2D eigenvalue weighted by molar-refractivity contribution is -0.140. The van der Waals surface area contributed by atoms with Crippen LogP contribution in [0.3, 0.4) is 0 Å². The molecule has 2 fully saturated rings. The molecule has 2 saturated heterocycles. The topological polar surface area (TPSA) is 163 Å². The number of amides is 4. The zero-order valence-corrected chi connectivity index (χ0v) is 29.4. The van der Waals surface area contributed by atoms with Gasteiger partial charge in [0.05, 0.1) is 12.7 Å². The summed E-state index contributed by atoms with van der Waals surface area (Å²) in [6, 6.07) is 16.7. The Bertz CT molecular complexity index is 1560. The number of piperidine rings is 1. The van der Waals surface area contributed by atoms with Crippen molar-refractivity contribution in [1.29, 1.82) is 0 Å². The smallest absolute Gasteiger partial charge is 0.253 e. The number of unbranched alkanes of at least 4 members (excludes halogenated alkanes) is 2. The third-order valence-electron chi connectivity index (χ3n) is 9.23. The summed E-state index contributed by atoms with van der Waals surface area (Å²) >= 11 is 0. The molecule has 4 amide bonds. The average Bonchev–Trinajstić information content (AvgIpc) is 3.57. The molecular formula is C36H50N6O6S. The Balaban J connectivity index is 1.51. The normalized spacial score (nSPS) is 18.0. The van der Waals surface area contributed by atoms with E-state index in [2.05, 4.69) is 17.2 Å². The molecule has 3 N–H and O–H groups in total. The van der Waals surface area contributed by atoms with Gasteiger partial charge in [-0.3, -0.25) is 24.5 Å². The molecule has 0 radical (unpaired) electrons. The fourth-order valence-electron chi connectivity index (χ4n) is 6.57. The first kappa shape index (κ1) is 37.7. The molecule has 2 aromatic carbocycles. The Kier molecular flexibility index (Phi) is 13.9. The van der Waals surface area contributed by atoms with Crippen molar-refractivity contribution < 1.29 is 27.6 Å². The van der Waals surface area contributed by atoms with Crippen LogP contribution in [0.25, 0.3) is 0 Å². The van der Waals surface area contributed by atoms with Gasteiger partial charge in [0.1, 0.15) is 12.1 Å². The van der Waals surface area contributed by atoms with Gasteiger partial charge in [-0.15, -0.1) is 0 Å². The lowest BCUT2D eigenvalue weighted by Crippen LogP contribution is -2.56. The maximum absolute atomic E-state index is 14.1. The summed E-state index contributed by atoms with van der Waals surface area (Å²) < 4.78 is 28.1. The maximum Gasteiger partial charge on any atom is 0.253 e. The van der Waals surface area contributed by atoms with Crippen molar-refractivity contribution in [2.45, 2.75) is 83.2 Å². The second-order valence-electron chi connectivity index (χ2n) is 13.1. The molecule has 0 bridgehead atoms. The fourth-order valence-corrected chi connectivity index (χ4v) is 7.68. The van der Waals surface area contributed by atoms with Crippen molar-refractivity contribution in [2.75, 3.05) is 32.4 Å². The molecule has 0 unspecified atom stereocenters. The predicted octanol–water partition coefficient (Wildman–Crippen LogP) is 2.87. The van der Waals surface area contributed by atoms with Gasteiger partial charge in [-0.1, -0.05) is 80.4 Å². The Labute approximate surface area is 290 Å². The molecule has 2 aromatic rings. The number of nitrogens with one attached hydrogen (secondary N) is 1. The van der Waals surface area contributed by atoms with Gasteiger partial charge >= 0.3 is 0 Å². The van der Waals surface area contributed by atoms with E-state index in [9.17, 15) is 27.6 Å². The Morgan fingerprint density at radius 3 is 2.16 bits per heavy atom. The molecule has 13 heteroatoms. The number of rotatable bonds is 14. The van der Waals surface area contributed by atoms with E-state index in [4.69, 9.17) is 5.73 Å². The number of carbonyl (C=O) groups is 4. The highest BCUT2D eigenvalue weighted by molar-refractivity contribution is 7.88. The van der Waals surface area contributed by atoms with Gasteiger partial charge < -0.3 is 15.5 Å². The molecule has 2 aliphatic heterocycles. The molecule has 266 valence electrons. The third kappa shape index (κ3) is 11.2. The van der Waals surface area contributed by atoms with Crippen LogP contribution in [0.5, 0.6) is 0 Å². The fraction of sp³-hybridized carbons (Fsp3) is 0.528. The van der Waals surface area contributed by atoms with Crippen molar-refractivity contribution in [1.82, 2.24) is 19.4 Å².